The highest BCUT2D eigenvalue weighted by Crippen LogP contribution is 2.20. The van der Waals surface area contributed by atoms with Crippen molar-refractivity contribution in [3.05, 3.63) is 59.4 Å². The van der Waals surface area contributed by atoms with Crippen molar-refractivity contribution in [1.29, 1.82) is 0 Å². The molecule has 1 aliphatic heterocycles. The molecule has 0 unspecified atom stereocenters. The number of likely N-dealkylation sites (tertiary alicyclic amines) is 1. The number of nitrogens with one attached hydrogen (secondary N) is 1. The molecule has 0 atom stereocenters. The molecule has 1 aromatic carbocycles. The minimum Gasteiger partial charge on any atom is -0.339 e. The molecule has 0 saturated carbocycles. The summed E-state index contributed by atoms with van der Waals surface area (Å²) in [5.74, 6) is 0.174. The third kappa shape index (κ3) is 4.60. The summed E-state index contributed by atoms with van der Waals surface area (Å²) < 4.78 is 27.3. The molecule has 1 fully saturated rings. The SMILES string of the molecule is O=C(c1cccnc1)N1CCC(CNS(=O)(=O)c2ccc(Cl)cc2)CC1. The van der Waals surface area contributed by atoms with Crippen LogP contribution in [0.5, 0.6) is 0 Å². The zero-order valence-electron chi connectivity index (χ0n) is 14.1. The molecule has 8 heteroatoms. The van der Waals surface area contributed by atoms with Crippen molar-refractivity contribution in [2.24, 2.45) is 5.92 Å². The Morgan fingerprint density at radius 1 is 1.19 bits per heavy atom. The first-order chi connectivity index (χ1) is 12.5. The molecule has 1 saturated heterocycles. The van der Waals surface area contributed by atoms with Crippen molar-refractivity contribution >= 4 is 27.5 Å². The number of halogens is 1. The highest BCUT2D eigenvalue weighted by molar-refractivity contribution is 7.89. The second-order valence-electron chi connectivity index (χ2n) is 6.28. The van der Waals surface area contributed by atoms with E-state index in [9.17, 15) is 13.2 Å². The summed E-state index contributed by atoms with van der Waals surface area (Å²) in [5.41, 5.74) is 0.578. The fraction of sp³-hybridized carbons (Fsp3) is 0.333. The Hall–Kier alpha value is -1.96. The standard InChI is InChI=1S/C18H20ClN3O3S/c19-16-3-5-17(6-4-16)26(24,25)21-12-14-7-10-22(11-8-14)18(23)15-2-1-9-20-13-15/h1-6,9,13-14,21H,7-8,10-12H2. The van der Waals surface area contributed by atoms with Crippen LogP contribution < -0.4 is 4.72 Å². The van der Waals surface area contributed by atoms with E-state index < -0.39 is 10.0 Å². The Bertz CT molecular complexity index is 849. The number of benzene rings is 1. The quantitative estimate of drug-likeness (QED) is 0.846. The van der Waals surface area contributed by atoms with Crippen LogP contribution in [0.3, 0.4) is 0 Å². The molecule has 1 aromatic heterocycles. The third-order valence-corrected chi connectivity index (χ3v) is 6.19. The monoisotopic (exact) mass is 393 g/mol. The van der Waals surface area contributed by atoms with E-state index in [1.54, 1.807) is 41.6 Å². The minimum absolute atomic E-state index is 0.0294. The second kappa shape index (κ2) is 8.16. The summed E-state index contributed by atoms with van der Waals surface area (Å²) in [6.45, 7) is 1.59. The number of rotatable bonds is 5. The van der Waals surface area contributed by atoms with Gasteiger partial charge in [-0.1, -0.05) is 11.6 Å². The second-order valence-corrected chi connectivity index (χ2v) is 8.49. The Morgan fingerprint density at radius 3 is 2.50 bits per heavy atom. The van der Waals surface area contributed by atoms with Crippen LogP contribution in [0.1, 0.15) is 23.2 Å². The zero-order chi connectivity index (χ0) is 18.6. The van der Waals surface area contributed by atoms with Crippen molar-refractivity contribution in [2.75, 3.05) is 19.6 Å². The maximum atomic E-state index is 12.4. The van der Waals surface area contributed by atoms with Crippen molar-refractivity contribution in [2.45, 2.75) is 17.7 Å². The first-order valence-electron chi connectivity index (χ1n) is 8.40. The Morgan fingerprint density at radius 2 is 1.88 bits per heavy atom. The van der Waals surface area contributed by atoms with E-state index in [0.717, 1.165) is 12.8 Å². The van der Waals surface area contributed by atoms with E-state index in [0.29, 0.717) is 30.2 Å². The Labute approximate surface area is 158 Å². The summed E-state index contributed by atoms with van der Waals surface area (Å²) >= 11 is 5.79. The number of nitrogens with zero attached hydrogens (tertiary/aromatic N) is 2. The molecule has 0 spiro atoms. The van der Waals surface area contributed by atoms with E-state index in [2.05, 4.69) is 9.71 Å². The highest BCUT2D eigenvalue weighted by Gasteiger charge is 2.25. The van der Waals surface area contributed by atoms with Gasteiger partial charge in [-0.05, 0) is 55.2 Å². The number of hydrogen-bond donors (Lipinski definition) is 1. The first-order valence-corrected chi connectivity index (χ1v) is 10.3. The van der Waals surface area contributed by atoms with Crippen LogP contribution in [0.2, 0.25) is 5.02 Å². The number of aromatic nitrogens is 1. The van der Waals surface area contributed by atoms with Gasteiger partial charge in [0.05, 0.1) is 10.5 Å². The molecule has 1 N–H and O–H groups in total. The highest BCUT2D eigenvalue weighted by atomic mass is 35.5. The maximum absolute atomic E-state index is 12.4. The number of sulfonamides is 1. The van der Waals surface area contributed by atoms with Crippen molar-refractivity contribution < 1.29 is 13.2 Å². The molecule has 0 bridgehead atoms. The van der Waals surface area contributed by atoms with Crippen molar-refractivity contribution in [1.82, 2.24) is 14.6 Å². The van der Waals surface area contributed by atoms with Gasteiger partial charge >= 0.3 is 0 Å². The number of amides is 1. The molecule has 138 valence electrons. The molecule has 26 heavy (non-hydrogen) atoms. The van der Waals surface area contributed by atoms with Gasteiger partial charge in [0.15, 0.2) is 0 Å². The molecule has 3 rings (SSSR count). The lowest BCUT2D eigenvalue weighted by Gasteiger charge is -2.32. The number of carbonyl (C=O) groups excluding carboxylic acids is 1. The van der Waals surface area contributed by atoms with E-state index in [1.807, 2.05) is 0 Å². The summed E-state index contributed by atoms with van der Waals surface area (Å²) in [4.78, 5) is 18.4. The molecule has 1 aliphatic rings. The molecule has 0 aliphatic carbocycles. The van der Waals surface area contributed by atoms with Gasteiger partial charge in [0.25, 0.3) is 5.91 Å². The molecular weight excluding hydrogens is 374 g/mol. The van der Waals surface area contributed by atoms with Gasteiger partial charge < -0.3 is 4.90 Å². The summed E-state index contributed by atoms with van der Waals surface area (Å²) in [6, 6.07) is 9.57. The van der Waals surface area contributed by atoms with Gasteiger partial charge in [0, 0.05) is 37.1 Å². The molecule has 2 aromatic rings. The van der Waals surface area contributed by atoms with Crippen LogP contribution in [0.15, 0.2) is 53.7 Å². The number of pyridine rings is 1. The van der Waals surface area contributed by atoms with Crippen LogP contribution in [0, 0.1) is 5.92 Å². The predicted molar refractivity (Wildman–Crippen MR) is 99.5 cm³/mol. The summed E-state index contributed by atoms with van der Waals surface area (Å²) in [5, 5.41) is 0.495. The predicted octanol–water partition coefficient (Wildman–Crippen LogP) is 2.57. The van der Waals surface area contributed by atoms with Gasteiger partial charge in [0.1, 0.15) is 0 Å². The van der Waals surface area contributed by atoms with Gasteiger partial charge in [0.2, 0.25) is 10.0 Å². The fourth-order valence-corrected chi connectivity index (χ4v) is 4.18. The zero-order valence-corrected chi connectivity index (χ0v) is 15.7. The average molecular weight is 394 g/mol. The topological polar surface area (TPSA) is 79.4 Å². The maximum Gasteiger partial charge on any atom is 0.255 e. The van der Waals surface area contributed by atoms with Crippen LogP contribution in [0.4, 0.5) is 0 Å². The van der Waals surface area contributed by atoms with Crippen molar-refractivity contribution in [3.63, 3.8) is 0 Å². The smallest absolute Gasteiger partial charge is 0.255 e. The number of piperidine rings is 1. The third-order valence-electron chi connectivity index (χ3n) is 4.50. The number of carbonyl (C=O) groups is 1. The first kappa shape index (κ1) is 18.8. The lowest BCUT2D eigenvalue weighted by molar-refractivity contribution is 0.0691. The number of hydrogen-bond acceptors (Lipinski definition) is 4. The largest absolute Gasteiger partial charge is 0.339 e. The van der Waals surface area contributed by atoms with Gasteiger partial charge in [-0.15, -0.1) is 0 Å². The molecule has 6 nitrogen and oxygen atoms in total. The van der Waals surface area contributed by atoms with Crippen LogP contribution in [0.25, 0.3) is 0 Å². The molecular formula is C18H20ClN3O3S. The molecule has 2 heterocycles. The summed E-state index contributed by atoms with van der Waals surface area (Å²) in [7, 11) is -3.55. The van der Waals surface area contributed by atoms with Gasteiger partial charge in [-0.3, -0.25) is 9.78 Å². The van der Waals surface area contributed by atoms with Gasteiger partial charge in [-0.2, -0.15) is 0 Å². The lowest BCUT2D eigenvalue weighted by Crippen LogP contribution is -2.41. The van der Waals surface area contributed by atoms with Crippen LogP contribution in [-0.4, -0.2) is 43.8 Å². The molecule has 1 amide bonds. The van der Waals surface area contributed by atoms with E-state index in [1.165, 1.54) is 12.1 Å². The Kier molecular flexibility index (Phi) is 5.90. The summed E-state index contributed by atoms with van der Waals surface area (Å²) in [6.07, 6.45) is 4.72. The average Bonchev–Trinajstić information content (AvgIpc) is 2.67. The minimum atomic E-state index is -3.55. The fourth-order valence-electron chi connectivity index (χ4n) is 2.94. The van der Waals surface area contributed by atoms with E-state index in [-0.39, 0.29) is 16.7 Å². The lowest BCUT2D eigenvalue weighted by atomic mass is 9.97. The molecule has 0 radical (unpaired) electrons. The van der Waals surface area contributed by atoms with Crippen LogP contribution in [-0.2, 0) is 10.0 Å². The van der Waals surface area contributed by atoms with E-state index >= 15 is 0 Å². The van der Waals surface area contributed by atoms with Crippen molar-refractivity contribution in [3.8, 4) is 0 Å². The Balaban J connectivity index is 1.51. The normalized spacial score (nSPS) is 15.8. The van der Waals surface area contributed by atoms with E-state index in [4.69, 9.17) is 11.6 Å². The van der Waals surface area contributed by atoms with Gasteiger partial charge in [-0.25, -0.2) is 13.1 Å². The van der Waals surface area contributed by atoms with Crippen LogP contribution >= 0.6 is 11.6 Å².